The lowest BCUT2D eigenvalue weighted by molar-refractivity contribution is 0.306. The highest BCUT2D eigenvalue weighted by Crippen LogP contribution is 2.29. The number of benzene rings is 1. The Hall–Kier alpha value is -3.18. The maximum Gasteiger partial charge on any atom is 0.144 e. The summed E-state index contributed by atoms with van der Waals surface area (Å²) in [6.45, 7) is 3.56. The van der Waals surface area contributed by atoms with Gasteiger partial charge < -0.3 is 19.4 Å². The lowest BCUT2D eigenvalue weighted by Gasteiger charge is -2.05. The number of rotatable bonds is 12. The van der Waals surface area contributed by atoms with E-state index in [-0.39, 0.29) is 12.4 Å². The molecule has 3 aromatic rings. The first kappa shape index (κ1) is 24.5. The van der Waals surface area contributed by atoms with E-state index >= 15 is 0 Å². The van der Waals surface area contributed by atoms with Crippen LogP contribution in [0.1, 0.15) is 44.7 Å². The third kappa shape index (κ3) is 7.16. The fourth-order valence-electron chi connectivity index (χ4n) is 3.61. The summed E-state index contributed by atoms with van der Waals surface area (Å²) in [5.41, 5.74) is 5.09. The summed E-state index contributed by atoms with van der Waals surface area (Å²) in [7, 11) is 0. The van der Waals surface area contributed by atoms with Crippen molar-refractivity contribution in [3.05, 3.63) is 78.3 Å². The van der Waals surface area contributed by atoms with Gasteiger partial charge in [-0.05, 0) is 74.6 Å². The molecule has 4 rings (SSSR count). The van der Waals surface area contributed by atoms with Gasteiger partial charge in [0.2, 0.25) is 0 Å². The molecule has 5 nitrogen and oxygen atoms in total. The van der Waals surface area contributed by atoms with Crippen LogP contribution in [0.2, 0.25) is 0 Å². The van der Waals surface area contributed by atoms with Gasteiger partial charge in [-0.25, -0.2) is 0 Å². The minimum atomic E-state index is 0. The van der Waals surface area contributed by atoms with Gasteiger partial charge >= 0.3 is 0 Å². The van der Waals surface area contributed by atoms with Crippen LogP contribution in [0.25, 0.3) is 17.5 Å². The minimum Gasteiger partial charge on any atom is -0.494 e. The molecule has 0 saturated heterocycles. The van der Waals surface area contributed by atoms with Crippen LogP contribution in [-0.4, -0.2) is 28.9 Å². The number of aromatic amines is 2. The topological polar surface area (TPSA) is 62.4 Å². The largest absolute Gasteiger partial charge is 0.494 e. The molecule has 0 fully saturated rings. The fourth-order valence-corrected chi connectivity index (χ4v) is 3.61. The molecule has 1 aliphatic heterocycles. The van der Waals surface area contributed by atoms with Gasteiger partial charge in [-0.15, -0.1) is 12.4 Å². The Labute approximate surface area is 202 Å². The number of allylic oxidation sites excluding steroid dienone is 2. The Kier molecular flexibility index (Phi) is 9.45. The van der Waals surface area contributed by atoms with Gasteiger partial charge in [0.25, 0.3) is 0 Å². The summed E-state index contributed by atoms with van der Waals surface area (Å²) in [6.07, 6.45) is 13.4. The van der Waals surface area contributed by atoms with Crippen molar-refractivity contribution in [2.45, 2.75) is 39.0 Å². The van der Waals surface area contributed by atoms with Crippen LogP contribution in [0.15, 0.2) is 77.6 Å². The van der Waals surface area contributed by atoms with Gasteiger partial charge in [-0.2, -0.15) is 0 Å². The number of halogens is 1. The summed E-state index contributed by atoms with van der Waals surface area (Å²) >= 11 is 0. The van der Waals surface area contributed by atoms with Crippen LogP contribution in [0.4, 0.5) is 0 Å². The summed E-state index contributed by atoms with van der Waals surface area (Å²) in [4.78, 5) is 11.5. The first-order valence-corrected chi connectivity index (χ1v) is 11.5. The highest BCUT2D eigenvalue weighted by atomic mass is 35.5. The van der Waals surface area contributed by atoms with Crippen LogP contribution in [-0.2, 0) is 0 Å². The predicted molar refractivity (Wildman–Crippen MR) is 139 cm³/mol. The molecule has 0 spiro atoms. The van der Waals surface area contributed by atoms with Crippen molar-refractivity contribution in [3.63, 3.8) is 0 Å². The number of hydrogen-bond donors (Lipinski definition) is 2. The summed E-state index contributed by atoms with van der Waals surface area (Å²) in [5, 5.41) is 0. The number of aliphatic imine (C=N–C) groups is 1. The first-order chi connectivity index (χ1) is 15.8. The van der Waals surface area contributed by atoms with Crippen molar-refractivity contribution in [2.24, 2.45) is 4.99 Å². The van der Waals surface area contributed by atoms with E-state index < -0.39 is 0 Å². The average Bonchev–Trinajstić information content (AvgIpc) is 3.57. The number of ether oxygens (including phenoxy) is 2. The fraction of sp³-hybridized carbons (Fsp3) is 0.296. The molecule has 3 heterocycles. The number of nitrogens with one attached hydrogen (secondary N) is 2. The molecular weight excluding hydrogens is 434 g/mol. The molecule has 174 valence electrons. The lowest BCUT2D eigenvalue weighted by Crippen LogP contribution is -1.98. The summed E-state index contributed by atoms with van der Waals surface area (Å²) < 4.78 is 11.7. The van der Waals surface area contributed by atoms with E-state index in [0.29, 0.717) is 6.61 Å². The van der Waals surface area contributed by atoms with Gasteiger partial charge in [-0.1, -0.05) is 25.1 Å². The molecule has 6 heteroatoms. The Balaban J connectivity index is 0.00000306. The normalized spacial score (nSPS) is 13.7. The highest BCUT2D eigenvalue weighted by molar-refractivity contribution is 5.99. The van der Waals surface area contributed by atoms with Crippen LogP contribution in [0.3, 0.4) is 0 Å². The molecular formula is C27H32ClN3O2. The third-order valence-electron chi connectivity index (χ3n) is 5.26. The Morgan fingerprint density at radius 1 is 0.909 bits per heavy atom. The number of unbranched alkanes of at least 4 members (excludes halogenated alkanes) is 2. The number of aromatic nitrogens is 2. The van der Waals surface area contributed by atoms with Gasteiger partial charge in [0.05, 0.1) is 36.0 Å². The predicted octanol–water partition coefficient (Wildman–Crippen LogP) is 7.21. The van der Waals surface area contributed by atoms with E-state index in [4.69, 9.17) is 14.5 Å². The first-order valence-electron chi connectivity index (χ1n) is 11.5. The van der Waals surface area contributed by atoms with Crippen molar-refractivity contribution in [1.82, 2.24) is 9.97 Å². The summed E-state index contributed by atoms with van der Waals surface area (Å²) in [5.74, 6) is 1.80. The van der Waals surface area contributed by atoms with Gasteiger partial charge in [-0.3, -0.25) is 4.99 Å². The monoisotopic (exact) mass is 465 g/mol. The second kappa shape index (κ2) is 12.8. The molecule has 0 saturated carbocycles. The van der Waals surface area contributed by atoms with Crippen molar-refractivity contribution >= 4 is 24.2 Å². The van der Waals surface area contributed by atoms with Gasteiger partial charge in [0.15, 0.2) is 0 Å². The van der Waals surface area contributed by atoms with E-state index in [1.165, 1.54) is 0 Å². The maximum absolute atomic E-state index is 5.96. The molecule has 2 aromatic heterocycles. The molecule has 1 aliphatic rings. The van der Waals surface area contributed by atoms with Crippen molar-refractivity contribution < 1.29 is 9.47 Å². The van der Waals surface area contributed by atoms with Gasteiger partial charge in [0, 0.05) is 18.0 Å². The van der Waals surface area contributed by atoms with E-state index in [1.807, 2.05) is 48.7 Å². The molecule has 0 atom stereocenters. The molecule has 33 heavy (non-hydrogen) atoms. The van der Waals surface area contributed by atoms with E-state index in [9.17, 15) is 0 Å². The SMILES string of the molecule is CCCOc1cc(-c2ccc[nH]2)[nH]c1C=C1C=CC(CCCCCOc2ccccc2)=N1.Cl. The van der Waals surface area contributed by atoms with Crippen LogP contribution >= 0.6 is 12.4 Å². The zero-order valence-electron chi connectivity index (χ0n) is 19.0. The number of para-hydroxylation sites is 1. The third-order valence-corrected chi connectivity index (χ3v) is 5.26. The second-order valence-electron chi connectivity index (χ2n) is 7.87. The van der Waals surface area contributed by atoms with Crippen LogP contribution in [0, 0.1) is 0 Å². The van der Waals surface area contributed by atoms with E-state index in [1.54, 1.807) is 0 Å². The lowest BCUT2D eigenvalue weighted by atomic mass is 10.1. The Morgan fingerprint density at radius 2 is 1.79 bits per heavy atom. The van der Waals surface area contributed by atoms with Gasteiger partial charge in [0.1, 0.15) is 11.5 Å². The molecule has 1 aromatic carbocycles. The highest BCUT2D eigenvalue weighted by Gasteiger charge is 2.12. The quantitative estimate of drug-likeness (QED) is 0.277. The molecule has 0 bridgehead atoms. The van der Waals surface area contributed by atoms with Crippen molar-refractivity contribution in [2.75, 3.05) is 13.2 Å². The zero-order valence-corrected chi connectivity index (χ0v) is 19.9. The average molecular weight is 466 g/mol. The minimum absolute atomic E-state index is 0. The second-order valence-corrected chi connectivity index (χ2v) is 7.87. The van der Waals surface area contributed by atoms with Crippen LogP contribution in [0.5, 0.6) is 11.5 Å². The summed E-state index contributed by atoms with van der Waals surface area (Å²) in [6, 6.07) is 16.1. The van der Waals surface area contributed by atoms with Crippen LogP contribution < -0.4 is 9.47 Å². The molecule has 0 unspecified atom stereocenters. The maximum atomic E-state index is 5.96. The number of H-pyrrole nitrogens is 2. The van der Waals surface area contributed by atoms with E-state index in [0.717, 1.165) is 78.7 Å². The number of hydrogen-bond acceptors (Lipinski definition) is 3. The molecule has 0 aliphatic carbocycles. The smallest absolute Gasteiger partial charge is 0.144 e. The van der Waals surface area contributed by atoms with E-state index in [2.05, 4.69) is 41.2 Å². The molecule has 0 radical (unpaired) electrons. The molecule has 0 amide bonds. The standard InChI is InChI=1S/C27H31N3O2.ClH/c1-2-17-32-27-20-25(24-13-9-16-28-24)30-26(27)19-22-15-14-21(29-22)10-5-4-8-18-31-23-11-6-3-7-12-23;/h3,6-7,9,11-16,19-20,28,30H,2,4-5,8,10,17-18H2,1H3;1H. The van der Waals surface area contributed by atoms with Crippen molar-refractivity contribution in [1.29, 1.82) is 0 Å². The zero-order chi connectivity index (χ0) is 22.0. The number of nitrogens with zero attached hydrogens (tertiary/aromatic N) is 1. The molecule has 2 N–H and O–H groups in total. The Morgan fingerprint density at radius 3 is 2.58 bits per heavy atom. The Bertz CT molecular complexity index is 1070. The van der Waals surface area contributed by atoms with Crippen molar-refractivity contribution in [3.8, 4) is 22.9 Å².